The van der Waals surface area contributed by atoms with Crippen LogP contribution in [0.15, 0.2) is 29.0 Å². The number of aromatic carboxylic acids is 1. The van der Waals surface area contributed by atoms with Gasteiger partial charge < -0.3 is 14.8 Å². The van der Waals surface area contributed by atoms with Crippen molar-refractivity contribution in [2.45, 2.75) is 13.8 Å². The third-order valence-electron chi connectivity index (χ3n) is 2.44. The van der Waals surface area contributed by atoms with Crippen LogP contribution in [0.4, 0.5) is 5.82 Å². The molecule has 0 fully saturated rings. The molecule has 2 aromatic rings. The third kappa shape index (κ3) is 3.09. The molecule has 2 aromatic heterocycles. The maximum atomic E-state index is 11.1. The summed E-state index contributed by atoms with van der Waals surface area (Å²) in [6.07, 6.45) is 2.81. The highest BCUT2D eigenvalue weighted by Crippen LogP contribution is 2.20. The molecule has 0 unspecified atom stereocenters. The molecular formula is C13H15N3O3. The molecule has 19 heavy (non-hydrogen) atoms. The van der Waals surface area contributed by atoms with E-state index in [1.807, 2.05) is 13.8 Å². The number of carbonyl (C=O) groups is 1. The Labute approximate surface area is 110 Å². The van der Waals surface area contributed by atoms with Crippen LogP contribution in [0.1, 0.15) is 24.2 Å². The van der Waals surface area contributed by atoms with Crippen LogP contribution < -0.4 is 5.32 Å². The first-order valence-corrected chi connectivity index (χ1v) is 5.96. The summed E-state index contributed by atoms with van der Waals surface area (Å²) < 4.78 is 5.20. The fraction of sp³-hybridized carbons (Fsp3) is 0.308. The SMILES string of the molecule is CC(C)CNc1nc(-c2ccco2)ncc1C(=O)O. The van der Waals surface area contributed by atoms with E-state index in [2.05, 4.69) is 15.3 Å². The smallest absolute Gasteiger partial charge is 0.341 e. The number of nitrogens with zero attached hydrogens (tertiary/aromatic N) is 2. The van der Waals surface area contributed by atoms with E-state index in [-0.39, 0.29) is 5.56 Å². The van der Waals surface area contributed by atoms with Gasteiger partial charge in [0.1, 0.15) is 11.4 Å². The zero-order valence-corrected chi connectivity index (χ0v) is 10.8. The van der Waals surface area contributed by atoms with Gasteiger partial charge in [0, 0.05) is 12.7 Å². The van der Waals surface area contributed by atoms with Crippen LogP contribution in [-0.2, 0) is 0 Å². The van der Waals surface area contributed by atoms with Gasteiger partial charge in [-0.25, -0.2) is 14.8 Å². The van der Waals surface area contributed by atoms with Gasteiger partial charge in [0.25, 0.3) is 0 Å². The number of furan rings is 1. The fourth-order valence-electron chi connectivity index (χ4n) is 1.50. The van der Waals surface area contributed by atoms with Crippen LogP contribution in [0.5, 0.6) is 0 Å². The summed E-state index contributed by atoms with van der Waals surface area (Å²) in [5.74, 6) is 0.495. The predicted molar refractivity (Wildman–Crippen MR) is 70.0 cm³/mol. The number of carboxylic acid groups (broad SMARTS) is 1. The van der Waals surface area contributed by atoms with Gasteiger partial charge >= 0.3 is 5.97 Å². The monoisotopic (exact) mass is 261 g/mol. The Hall–Kier alpha value is -2.37. The number of hydrogen-bond donors (Lipinski definition) is 2. The van der Waals surface area contributed by atoms with Crippen molar-refractivity contribution in [1.29, 1.82) is 0 Å². The molecule has 0 aliphatic rings. The van der Waals surface area contributed by atoms with Crippen LogP contribution in [0.25, 0.3) is 11.6 Å². The van der Waals surface area contributed by atoms with Crippen molar-refractivity contribution in [2.24, 2.45) is 5.92 Å². The number of carboxylic acids is 1. The average molecular weight is 261 g/mol. The Kier molecular flexibility index (Phi) is 3.79. The summed E-state index contributed by atoms with van der Waals surface area (Å²) in [4.78, 5) is 19.3. The van der Waals surface area contributed by atoms with Crippen molar-refractivity contribution in [3.05, 3.63) is 30.2 Å². The van der Waals surface area contributed by atoms with Gasteiger partial charge in [-0.15, -0.1) is 0 Å². The molecule has 0 amide bonds. The van der Waals surface area contributed by atoms with E-state index in [9.17, 15) is 4.79 Å². The molecule has 0 spiro atoms. The summed E-state index contributed by atoms with van der Waals surface area (Å²) in [6, 6.07) is 3.45. The lowest BCUT2D eigenvalue weighted by Gasteiger charge is -2.11. The van der Waals surface area contributed by atoms with E-state index in [0.717, 1.165) is 0 Å². The highest BCUT2D eigenvalue weighted by atomic mass is 16.4. The van der Waals surface area contributed by atoms with Gasteiger partial charge in [-0.1, -0.05) is 13.8 Å². The lowest BCUT2D eigenvalue weighted by Crippen LogP contribution is -2.14. The van der Waals surface area contributed by atoms with Crippen LogP contribution in [-0.4, -0.2) is 27.6 Å². The third-order valence-corrected chi connectivity index (χ3v) is 2.44. The highest BCUT2D eigenvalue weighted by molar-refractivity contribution is 5.93. The van der Waals surface area contributed by atoms with Crippen molar-refractivity contribution in [2.75, 3.05) is 11.9 Å². The molecule has 6 heteroatoms. The van der Waals surface area contributed by atoms with Gasteiger partial charge in [-0.2, -0.15) is 0 Å². The molecule has 0 saturated carbocycles. The van der Waals surface area contributed by atoms with Crippen molar-refractivity contribution in [1.82, 2.24) is 9.97 Å². The Balaban J connectivity index is 2.35. The van der Waals surface area contributed by atoms with Gasteiger partial charge in [0.2, 0.25) is 0 Å². The van der Waals surface area contributed by atoms with E-state index in [1.54, 1.807) is 12.1 Å². The quantitative estimate of drug-likeness (QED) is 0.859. The maximum Gasteiger partial charge on any atom is 0.341 e. The number of nitrogens with one attached hydrogen (secondary N) is 1. The zero-order valence-electron chi connectivity index (χ0n) is 10.8. The minimum Gasteiger partial charge on any atom is -0.477 e. The Bertz CT molecular complexity index is 565. The zero-order chi connectivity index (χ0) is 13.8. The molecule has 2 heterocycles. The summed E-state index contributed by atoms with van der Waals surface area (Å²) >= 11 is 0. The van der Waals surface area contributed by atoms with Crippen LogP contribution in [0.2, 0.25) is 0 Å². The minimum atomic E-state index is -1.06. The van der Waals surface area contributed by atoms with E-state index >= 15 is 0 Å². The highest BCUT2D eigenvalue weighted by Gasteiger charge is 2.15. The van der Waals surface area contributed by atoms with Crippen LogP contribution in [0.3, 0.4) is 0 Å². The first kappa shape index (κ1) is 13.1. The second kappa shape index (κ2) is 5.51. The second-order valence-corrected chi connectivity index (χ2v) is 4.51. The average Bonchev–Trinajstić information content (AvgIpc) is 2.89. The molecule has 0 bridgehead atoms. The van der Waals surface area contributed by atoms with Crippen LogP contribution in [0, 0.1) is 5.92 Å². The number of hydrogen-bond acceptors (Lipinski definition) is 5. The Morgan fingerprint density at radius 3 is 2.89 bits per heavy atom. The van der Waals surface area contributed by atoms with Gasteiger partial charge in [0.15, 0.2) is 11.6 Å². The molecule has 0 aliphatic heterocycles. The Morgan fingerprint density at radius 1 is 1.53 bits per heavy atom. The van der Waals surface area contributed by atoms with E-state index in [4.69, 9.17) is 9.52 Å². The number of rotatable bonds is 5. The van der Waals surface area contributed by atoms with E-state index < -0.39 is 5.97 Å². The molecule has 2 rings (SSSR count). The molecule has 0 atom stereocenters. The first-order chi connectivity index (χ1) is 9.08. The maximum absolute atomic E-state index is 11.1. The normalized spacial score (nSPS) is 10.7. The van der Waals surface area contributed by atoms with Crippen molar-refractivity contribution in [3.63, 3.8) is 0 Å². The Morgan fingerprint density at radius 2 is 2.32 bits per heavy atom. The second-order valence-electron chi connectivity index (χ2n) is 4.51. The van der Waals surface area contributed by atoms with Crippen molar-refractivity contribution < 1.29 is 14.3 Å². The van der Waals surface area contributed by atoms with Crippen LogP contribution >= 0.6 is 0 Å². The topological polar surface area (TPSA) is 88.3 Å². The summed E-state index contributed by atoms with van der Waals surface area (Å²) in [5, 5.41) is 12.1. The van der Waals surface area contributed by atoms with E-state index in [1.165, 1.54) is 12.5 Å². The molecule has 0 aliphatic carbocycles. The largest absolute Gasteiger partial charge is 0.477 e. The van der Waals surface area contributed by atoms with Gasteiger partial charge in [0.05, 0.1) is 6.26 Å². The van der Waals surface area contributed by atoms with Crippen molar-refractivity contribution >= 4 is 11.8 Å². The van der Waals surface area contributed by atoms with Gasteiger partial charge in [-0.3, -0.25) is 0 Å². The molecule has 0 radical (unpaired) electrons. The first-order valence-electron chi connectivity index (χ1n) is 5.96. The molecule has 100 valence electrons. The molecular weight excluding hydrogens is 246 g/mol. The summed E-state index contributed by atoms with van der Waals surface area (Å²) in [6.45, 7) is 4.69. The molecule has 6 nitrogen and oxygen atoms in total. The fourth-order valence-corrected chi connectivity index (χ4v) is 1.50. The molecule has 2 N–H and O–H groups in total. The van der Waals surface area contributed by atoms with Gasteiger partial charge in [-0.05, 0) is 18.1 Å². The summed E-state index contributed by atoms with van der Waals surface area (Å²) in [5.41, 5.74) is 0.0518. The minimum absolute atomic E-state index is 0.0518. The van der Waals surface area contributed by atoms with Crippen molar-refractivity contribution in [3.8, 4) is 11.6 Å². The molecule has 0 saturated heterocycles. The lowest BCUT2D eigenvalue weighted by atomic mass is 10.2. The number of anilines is 1. The molecule has 0 aromatic carbocycles. The van der Waals surface area contributed by atoms with E-state index in [0.29, 0.717) is 29.9 Å². The standard InChI is InChI=1S/C13H15N3O3/c1-8(2)6-14-11-9(13(17)18)7-15-12(16-11)10-4-3-5-19-10/h3-5,7-8H,6H2,1-2H3,(H,17,18)(H,14,15,16). The number of aromatic nitrogens is 2. The summed E-state index contributed by atoms with van der Waals surface area (Å²) in [7, 11) is 0. The lowest BCUT2D eigenvalue weighted by molar-refractivity contribution is 0.0697. The predicted octanol–water partition coefficient (Wildman–Crippen LogP) is 2.50.